The molecule has 0 amide bonds. The van der Waals surface area contributed by atoms with Crippen molar-refractivity contribution in [3.05, 3.63) is 0 Å². The van der Waals surface area contributed by atoms with Crippen LogP contribution in [0, 0.1) is 17.8 Å². The number of aliphatic carboxylic acids is 3. The molecule has 0 saturated carbocycles. The maximum absolute atomic E-state index is 11.0. The molecule has 0 heterocycles. The molecule has 57 heavy (non-hydrogen) atoms. The number of carbonyl (C=O) groups is 3. The molecule has 0 bridgehead atoms. The van der Waals surface area contributed by atoms with Crippen molar-refractivity contribution in [1.82, 2.24) is 0 Å². The van der Waals surface area contributed by atoms with Gasteiger partial charge in [-0.3, -0.25) is 0 Å². The standard InChI is InChI=1S/3C16H32O2.3Na/c3*1-3-5-7-9-10-12-14-15(16(17)18)13-11-8-6-4-2;;;/h3*15H,3-14H2,1-2H3,(H,17,18);;;/q;;;3*+1/p-3. The second-order valence-electron chi connectivity index (χ2n) is 16.3. The normalized spacial score (nSPS) is 11.9. The molecule has 0 rings (SSSR count). The Kier molecular flexibility index (Phi) is 73.2. The molecular formula is C48H93Na3O6. The van der Waals surface area contributed by atoms with Gasteiger partial charge in [0.2, 0.25) is 0 Å². The minimum atomic E-state index is -0.833. The SMILES string of the molecule is CCCCCCCCC(CCCCCC)C(=O)[O-].CCCCCCCCC(CCCCCC)C(=O)[O-].CCCCCCCCC(CCCCCC)C(=O)[O-].[Na+].[Na+].[Na+]. The number of hydrogen-bond acceptors (Lipinski definition) is 6. The van der Waals surface area contributed by atoms with E-state index >= 15 is 0 Å². The first-order chi connectivity index (χ1) is 26.2. The minimum Gasteiger partial charge on any atom is -0.550 e. The van der Waals surface area contributed by atoms with Crippen molar-refractivity contribution < 1.29 is 118 Å². The Morgan fingerprint density at radius 2 is 0.386 bits per heavy atom. The summed E-state index contributed by atoms with van der Waals surface area (Å²) in [5.74, 6) is -3.10. The molecule has 0 aliphatic heterocycles. The first-order valence-corrected chi connectivity index (χ1v) is 23.8. The fourth-order valence-electron chi connectivity index (χ4n) is 7.11. The third kappa shape index (κ3) is 57.4. The summed E-state index contributed by atoms with van der Waals surface area (Å²) < 4.78 is 0. The van der Waals surface area contributed by atoms with Gasteiger partial charge in [0, 0.05) is 17.9 Å². The Morgan fingerprint density at radius 3 is 0.526 bits per heavy atom. The Bertz CT molecular complexity index is 685. The van der Waals surface area contributed by atoms with E-state index in [0.29, 0.717) is 0 Å². The molecule has 0 radical (unpaired) electrons. The Morgan fingerprint density at radius 1 is 0.263 bits per heavy atom. The van der Waals surface area contributed by atoms with Gasteiger partial charge in [-0.25, -0.2) is 0 Å². The van der Waals surface area contributed by atoms with Gasteiger partial charge in [0.25, 0.3) is 0 Å². The van der Waals surface area contributed by atoms with Gasteiger partial charge in [-0.2, -0.15) is 0 Å². The van der Waals surface area contributed by atoms with Gasteiger partial charge in [0.1, 0.15) is 0 Å². The van der Waals surface area contributed by atoms with Crippen LogP contribution in [0.1, 0.15) is 273 Å². The van der Waals surface area contributed by atoms with Gasteiger partial charge in [-0.15, -0.1) is 0 Å². The van der Waals surface area contributed by atoms with Crippen molar-refractivity contribution in [2.75, 3.05) is 0 Å². The summed E-state index contributed by atoms with van der Waals surface area (Å²) in [5.41, 5.74) is 0. The average Bonchev–Trinajstić information content (AvgIpc) is 3.15. The molecule has 0 N–H and O–H groups in total. The molecule has 0 fully saturated rings. The molecule has 9 heteroatoms. The van der Waals surface area contributed by atoms with E-state index in [1.807, 2.05) is 0 Å². The number of unbranched alkanes of at least 4 members (excludes halogenated alkanes) is 24. The monoisotopic (exact) mass is 835 g/mol. The molecule has 0 aliphatic rings. The van der Waals surface area contributed by atoms with Crippen LogP contribution < -0.4 is 104 Å². The number of hydrogen-bond donors (Lipinski definition) is 0. The molecule has 324 valence electrons. The molecule has 3 unspecified atom stereocenters. The molecule has 0 spiro atoms. The van der Waals surface area contributed by atoms with Crippen molar-refractivity contribution in [1.29, 1.82) is 0 Å². The van der Waals surface area contributed by atoms with E-state index < -0.39 is 17.9 Å². The predicted molar refractivity (Wildman–Crippen MR) is 226 cm³/mol. The number of rotatable bonds is 39. The minimum absolute atomic E-state index is 0. The Balaban J connectivity index is -0.000000167. The van der Waals surface area contributed by atoms with Crippen molar-refractivity contribution in [2.24, 2.45) is 17.8 Å². The van der Waals surface area contributed by atoms with E-state index in [0.717, 1.165) is 96.3 Å². The van der Waals surface area contributed by atoms with Gasteiger partial charge < -0.3 is 29.7 Å². The zero-order valence-electron chi connectivity index (χ0n) is 40.1. The molecule has 0 aromatic heterocycles. The van der Waals surface area contributed by atoms with Crippen LogP contribution in [0.4, 0.5) is 0 Å². The molecule has 0 aromatic rings. The fraction of sp³-hybridized carbons (Fsp3) is 0.938. The molecule has 6 nitrogen and oxygen atoms in total. The van der Waals surface area contributed by atoms with Crippen LogP contribution in [-0.2, 0) is 14.4 Å². The summed E-state index contributed by atoms with van der Waals surface area (Å²) in [7, 11) is 0. The zero-order chi connectivity index (χ0) is 40.9. The zero-order valence-corrected chi connectivity index (χ0v) is 46.1. The van der Waals surface area contributed by atoms with Crippen LogP contribution in [0.3, 0.4) is 0 Å². The summed E-state index contributed by atoms with van der Waals surface area (Å²) in [6, 6.07) is 0. The molecule has 0 aliphatic carbocycles. The number of carbonyl (C=O) groups excluding carboxylic acids is 3. The van der Waals surface area contributed by atoms with Crippen LogP contribution in [0.25, 0.3) is 0 Å². The van der Waals surface area contributed by atoms with Crippen LogP contribution >= 0.6 is 0 Å². The Hall–Kier alpha value is 1.41. The van der Waals surface area contributed by atoms with Gasteiger partial charge >= 0.3 is 88.7 Å². The van der Waals surface area contributed by atoms with Crippen molar-refractivity contribution in [2.45, 2.75) is 273 Å². The van der Waals surface area contributed by atoms with Crippen molar-refractivity contribution >= 4 is 17.9 Å². The van der Waals surface area contributed by atoms with Crippen molar-refractivity contribution in [3.63, 3.8) is 0 Å². The van der Waals surface area contributed by atoms with E-state index in [9.17, 15) is 29.7 Å². The third-order valence-electron chi connectivity index (χ3n) is 10.9. The first-order valence-electron chi connectivity index (χ1n) is 23.8. The Labute approximate surface area is 422 Å². The van der Waals surface area contributed by atoms with Crippen LogP contribution in [0.15, 0.2) is 0 Å². The van der Waals surface area contributed by atoms with Crippen LogP contribution in [-0.4, -0.2) is 17.9 Å². The third-order valence-corrected chi connectivity index (χ3v) is 10.9. The quantitative estimate of drug-likeness (QED) is 0.0694. The van der Waals surface area contributed by atoms with E-state index in [1.54, 1.807) is 0 Å². The maximum Gasteiger partial charge on any atom is 1.00 e. The van der Waals surface area contributed by atoms with Crippen LogP contribution in [0.5, 0.6) is 0 Å². The molecule has 3 atom stereocenters. The largest absolute Gasteiger partial charge is 1.00 e. The van der Waals surface area contributed by atoms with Gasteiger partial charge in [0.15, 0.2) is 0 Å². The van der Waals surface area contributed by atoms with Gasteiger partial charge in [-0.05, 0) is 56.3 Å². The molecule has 0 aromatic carbocycles. The van der Waals surface area contributed by atoms with Crippen molar-refractivity contribution in [3.8, 4) is 0 Å². The topological polar surface area (TPSA) is 120 Å². The summed E-state index contributed by atoms with van der Waals surface area (Å²) in [6.07, 6.45) is 40.8. The smallest absolute Gasteiger partial charge is 0.550 e. The molecular weight excluding hydrogens is 741 g/mol. The predicted octanol–water partition coefficient (Wildman–Crippen LogP) is 3.23. The summed E-state index contributed by atoms with van der Waals surface area (Å²) in [6.45, 7) is 13.2. The number of carboxylic acid groups (broad SMARTS) is 3. The van der Waals surface area contributed by atoms with E-state index in [1.165, 1.54) is 135 Å². The summed E-state index contributed by atoms with van der Waals surface area (Å²) in [5, 5.41) is 33.1. The summed E-state index contributed by atoms with van der Waals surface area (Å²) >= 11 is 0. The summed E-state index contributed by atoms with van der Waals surface area (Å²) in [4.78, 5) is 33.1. The fourth-order valence-corrected chi connectivity index (χ4v) is 7.11. The van der Waals surface area contributed by atoms with E-state index in [2.05, 4.69) is 41.5 Å². The van der Waals surface area contributed by atoms with Gasteiger partial charge in [-0.1, -0.05) is 234 Å². The second kappa shape index (κ2) is 59.5. The average molecular weight is 835 g/mol. The van der Waals surface area contributed by atoms with E-state index in [-0.39, 0.29) is 106 Å². The van der Waals surface area contributed by atoms with Gasteiger partial charge in [0.05, 0.1) is 0 Å². The number of carboxylic acids is 3. The molecule has 0 saturated heterocycles. The second-order valence-corrected chi connectivity index (χ2v) is 16.3. The van der Waals surface area contributed by atoms with E-state index in [4.69, 9.17) is 0 Å². The van der Waals surface area contributed by atoms with Crippen LogP contribution in [0.2, 0.25) is 0 Å². The maximum atomic E-state index is 11.0. The first kappa shape index (κ1) is 70.1.